The third kappa shape index (κ3) is 5.39. The summed E-state index contributed by atoms with van der Waals surface area (Å²) in [4.78, 5) is 29.3. The fourth-order valence-corrected chi connectivity index (χ4v) is 2.57. The number of benzene rings is 2. The minimum Gasteiger partial charge on any atom is -0.465 e. The van der Waals surface area contributed by atoms with Gasteiger partial charge in [-0.15, -0.1) is 0 Å². The van der Waals surface area contributed by atoms with E-state index in [0.717, 1.165) is 11.1 Å². The number of methoxy groups -OCH3 is 1. The smallest absolute Gasteiger partial charge is 0.356 e. The summed E-state index contributed by atoms with van der Waals surface area (Å²) in [6.45, 7) is 5.34. The van der Waals surface area contributed by atoms with Gasteiger partial charge in [0.05, 0.1) is 24.8 Å². The molecule has 0 unspecified atom stereocenters. The minimum absolute atomic E-state index is 0.0447. The van der Waals surface area contributed by atoms with Gasteiger partial charge in [-0.1, -0.05) is 60.7 Å². The van der Waals surface area contributed by atoms with Gasteiger partial charge in [0.2, 0.25) is 0 Å². The topological polar surface area (TPSA) is 65.0 Å². The van der Waals surface area contributed by atoms with Gasteiger partial charge in [-0.05, 0) is 26.8 Å². The van der Waals surface area contributed by atoms with Crippen LogP contribution in [0.3, 0.4) is 0 Å². The van der Waals surface area contributed by atoms with Crippen LogP contribution in [0, 0.1) is 5.41 Å². The van der Waals surface area contributed by atoms with Crippen LogP contribution in [-0.4, -0.2) is 31.4 Å². The van der Waals surface area contributed by atoms with Gasteiger partial charge < -0.3 is 9.47 Å². The van der Waals surface area contributed by atoms with Gasteiger partial charge in [0, 0.05) is 11.1 Å². The Morgan fingerprint density at radius 2 is 1.46 bits per heavy atom. The van der Waals surface area contributed by atoms with Crippen molar-refractivity contribution in [2.45, 2.75) is 20.8 Å². The Hall–Kier alpha value is -3.21. The Morgan fingerprint density at radius 3 is 1.89 bits per heavy atom. The predicted octanol–water partition coefficient (Wildman–Crippen LogP) is 4.17. The van der Waals surface area contributed by atoms with Crippen molar-refractivity contribution in [3.05, 3.63) is 83.6 Å². The molecule has 5 heteroatoms. The lowest BCUT2D eigenvalue weighted by atomic mass is 9.92. The number of carbonyl (C=O) groups is 2. The monoisotopic (exact) mass is 379 g/mol. The van der Waals surface area contributed by atoms with E-state index in [1.165, 1.54) is 13.2 Å². The SMILES string of the molecule is CCOC(=O)C(C)(C)/C=C(/N=C(c1ccccc1)c1ccccc1)C(=O)OC. The molecule has 146 valence electrons. The summed E-state index contributed by atoms with van der Waals surface area (Å²) in [6.07, 6.45) is 1.49. The lowest BCUT2D eigenvalue weighted by molar-refractivity contribution is -0.150. The molecule has 0 amide bonds. The van der Waals surface area contributed by atoms with E-state index in [0.29, 0.717) is 5.71 Å². The summed E-state index contributed by atoms with van der Waals surface area (Å²) < 4.78 is 10.0. The average molecular weight is 379 g/mol. The molecule has 28 heavy (non-hydrogen) atoms. The lowest BCUT2D eigenvalue weighted by Crippen LogP contribution is -2.26. The molecule has 0 fully saturated rings. The van der Waals surface area contributed by atoms with Gasteiger partial charge in [0.15, 0.2) is 0 Å². The Balaban J connectivity index is 2.62. The van der Waals surface area contributed by atoms with Gasteiger partial charge in [-0.25, -0.2) is 9.79 Å². The maximum atomic E-state index is 12.4. The molecule has 5 nitrogen and oxygen atoms in total. The third-order valence-corrected chi connectivity index (χ3v) is 4.02. The Bertz CT molecular complexity index is 826. The first-order valence-corrected chi connectivity index (χ1v) is 9.07. The number of hydrogen-bond acceptors (Lipinski definition) is 5. The number of nitrogens with zero attached hydrogens (tertiary/aromatic N) is 1. The van der Waals surface area contributed by atoms with Crippen molar-refractivity contribution in [1.29, 1.82) is 0 Å². The first-order chi connectivity index (χ1) is 13.4. The first kappa shape index (κ1) is 21.1. The van der Waals surface area contributed by atoms with Crippen LogP contribution in [0.5, 0.6) is 0 Å². The molecular formula is C23H25NO4. The van der Waals surface area contributed by atoms with Gasteiger partial charge in [0.1, 0.15) is 5.70 Å². The summed E-state index contributed by atoms with van der Waals surface area (Å²) in [5, 5.41) is 0. The summed E-state index contributed by atoms with van der Waals surface area (Å²) in [7, 11) is 1.29. The molecule has 0 aliphatic carbocycles. The number of esters is 2. The summed E-state index contributed by atoms with van der Waals surface area (Å²) in [5.74, 6) is -1.06. The number of carbonyl (C=O) groups excluding carboxylic acids is 2. The molecule has 0 atom stereocenters. The van der Waals surface area contributed by atoms with Gasteiger partial charge >= 0.3 is 11.9 Å². The van der Waals surface area contributed by atoms with E-state index < -0.39 is 17.4 Å². The van der Waals surface area contributed by atoms with Crippen LogP contribution < -0.4 is 0 Å². The molecule has 0 spiro atoms. The normalized spacial score (nSPS) is 11.5. The van der Waals surface area contributed by atoms with Crippen LogP contribution in [0.4, 0.5) is 0 Å². The molecule has 0 N–H and O–H groups in total. The molecule has 0 saturated heterocycles. The van der Waals surface area contributed by atoms with E-state index in [2.05, 4.69) is 4.99 Å². The second-order valence-electron chi connectivity index (χ2n) is 6.66. The second-order valence-corrected chi connectivity index (χ2v) is 6.66. The largest absolute Gasteiger partial charge is 0.465 e. The van der Waals surface area contributed by atoms with Crippen LogP contribution in [0.2, 0.25) is 0 Å². The van der Waals surface area contributed by atoms with E-state index >= 15 is 0 Å². The first-order valence-electron chi connectivity index (χ1n) is 9.07. The third-order valence-electron chi connectivity index (χ3n) is 4.02. The number of ether oxygens (including phenoxy) is 2. The van der Waals surface area contributed by atoms with Crippen LogP contribution >= 0.6 is 0 Å². The molecule has 0 heterocycles. The van der Waals surface area contributed by atoms with Crippen LogP contribution in [0.25, 0.3) is 0 Å². The fraction of sp³-hybridized carbons (Fsp3) is 0.261. The van der Waals surface area contributed by atoms with E-state index in [4.69, 9.17) is 9.47 Å². The molecule has 2 aromatic rings. The second kappa shape index (κ2) is 9.65. The minimum atomic E-state index is -1.04. The van der Waals surface area contributed by atoms with Crippen molar-refractivity contribution in [2.24, 2.45) is 10.4 Å². The molecule has 0 aliphatic heterocycles. The zero-order chi connectivity index (χ0) is 20.6. The Morgan fingerprint density at radius 1 is 0.964 bits per heavy atom. The van der Waals surface area contributed by atoms with Crippen molar-refractivity contribution in [3.63, 3.8) is 0 Å². The van der Waals surface area contributed by atoms with E-state index in [-0.39, 0.29) is 12.3 Å². The summed E-state index contributed by atoms with van der Waals surface area (Å²) >= 11 is 0. The van der Waals surface area contributed by atoms with Crippen molar-refractivity contribution in [1.82, 2.24) is 0 Å². The van der Waals surface area contributed by atoms with Crippen molar-refractivity contribution >= 4 is 17.7 Å². The zero-order valence-electron chi connectivity index (χ0n) is 16.6. The predicted molar refractivity (Wildman–Crippen MR) is 109 cm³/mol. The van der Waals surface area contributed by atoms with Crippen LogP contribution in [0.1, 0.15) is 31.9 Å². The van der Waals surface area contributed by atoms with Crippen molar-refractivity contribution in [3.8, 4) is 0 Å². The van der Waals surface area contributed by atoms with Gasteiger partial charge in [-0.2, -0.15) is 0 Å². The quantitative estimate of drug-likeness (QED) is 0.411. The zero-order valence-corrected chi connectivity index (χ0v) is 16.6. The van der Waals surface area contributed by atoms with Gasteiger partial charge in [-0.3, -0.25) is 4.79 Å². The van der Waals surface area contributed by atoms with Crippen LogP contribution in [0.15, 0.2) is 77.4 Å². The summed E-state index contributed by atoms with van der Waals surface area (Å²) in [5.41, 5.74) is 1.30. The van der Waals surface area contributed by atoms with E-state index in [9.17, 15) is 9.59 Å². The highest BCUT2D eigenvalue weighted by atomic mass is 16.5. The molecule has 2 rings (SSSR count). The lowest BCUT2D eigenvalue weighted by Gasteiger charge is -2.19. The molecule has 0 bridgehead atoms. The fourth-order valence-electron chi connectivity index (χ4n) is 2.57. The standard InChI is InChI=1S/C23H25NO4/c1-5-28-22(26)23(2,3)16-19(21(25)27-4)24-20(17-12-8-6-9-13-17)18-14-10-7-11-15-18/h6-16H,5H2,1-4H3/b19-16+. The Labute approximate surface area is 165 Å². The highest BCUT2D eigenvalue weighted by Gasteiger charge is 2.29. The van der Waals surface area contributed by atoms with E-state index in [1.807, 2.05) is 60.7 Å². The van der Waals surface area contributed by atoms with E-state index in [1.54, 1.807) is 20.8 Å². The molecule has 0 aromatic heterocycles. The Kier molecular flexibility index (Phi) is 7.27. The van der Waals surface area contributed by atoms with Gasteiger partial charge in [0.25, 0.3) is 0 Å². The number of aliphatic imine (C=N–C) groups is 1. The average Bonchev–Trinajstić information content (AvgIpc) is 2.71. The molecular weight excluding hydrogens is 354 g/mol. The highest BCUT2D eigenvalue weighted by molar-refractivity contribution is 6.14. The maximum absolute atomic E-state index is 12.4. The summed E-state index contributed by atoms with van der Waals surface area (Å²) in [6, 6.07) is 19.1. The molecule has 0 saturated carbocycles. The molecule has 0 radical (unpaired) electrons. The maximum Gasteiger partial charge on any atom is 0.356 e. The molecule has 2 aromatic carbocycles. The number of hydrogen-bond donors (Lipinski definition) is 0. The number of rotatable bonds is 7. The highest BCUT2D eigenvalue weighted by Crippen LogP contribution is 2.24. The van der Waals surface area contributed by atoms with Crippen molar-refractivity contribution in [2.75, 3.05) is 13.7 Å². The molecule has 0 aliphatic rings. The van der Waals surface area contributed by atoms with Crippen molar-refractivity contribution < 1.29 is 19.1 Å². The van der Waals surface area contributed by atoms with Crippen LogP contribution in [-0.2, 0) is 19.1 Å².